The fourth-order valence-electron chi connectivity index (χ4n) is 3.05. The van der Waals surface area contributed by atoms with Gasteiger partial charge in [0.05, 0.1) is 0 Å². The molecular formula is C17H26. The van der Waals surface area contributed by atoms with E-state index in [9.17, 15) is 0 Å². The third kappa shape index (κ3) is 4.93. The molecule has 94 valence electrons. The number of rotatable bonds is 2. The molecule has 0 spiro atoms. The Morgan fingerprint density at radius 2 is 1.24 bits per heavy atom. The van der Waals surface area contributed by atoms with Gasteiger partial charge >= 0.3 is 0 Å². The average Bonchev–Trinajstić information content (AvgIpc) is 2.38. The standard InChI is InChI=1S/C17H26/c1-2-4-7-11-16(12-8-5-3-1)15-17-13-9-6-10-14-17/h6,9-10,13-14,16H,1-5,7-8,11-12,15H2. The number of hydrogen-bond donors (Lipinski definition) is 0. The summed E-state index contributed by atoms with van der Waals surface area (Å²) in [5.41, 5.74) is 1.54. The predicted octanol–water partition coefficient (Wildman–Crippen LogP) is 5.37. The van der Waals surface area contributed by atoms with E-state index in [1.807, 2.05) is 0 Å². The van der Waals surface area contributed by atoms with Crippen molar-refractivity contribution in [3.05, 3.63) is 35.9 Å². The highest BCUT2D eigenvalue weighted by Gasteiger charge is 2.10. The SMILES string of the molecule is c1ccc(CC2CCCCCCCCC2)cc1. The van der Waals surface area contributed by atoms with Crippen LogP contribution < -0.4 is 0 Å². The van der Waals surface area contributed by atoms with Gasteiger partial charge in [0.1, 0.15) is 0 Å². The molecule has 1 aromatic rings. The van der Waals surface area contributed by atoms with Crippen molar-refractivity contribution in [2.45, 2.75) is 64.2 Å². The van der Waals surface area contributed by atoms with Gasteiger partial charge in [0, 0.05) is 0 Å². The maximum atomic E-state index is 2.29. The molecule has 0 N–H and O–H groups in total. The molecule has 17 heavy (non-hydrogen) atoms. The summed E-state index contributed by atoms with van der Waals surface area (Å²) in [6.45, 7) is 0. The molecule has 1 fully saturated rings. The summed E-state index contributed by atoms with van der Waals surface area (Å²) in [7, 11) is 0. The molecule has 1 aliphatic rings. The van der Waals surface area contributed by atoms with Crippen LogP contribution in [0.25, 0.3) is 0 Å². The highest BCUT2D eigenvalue weighted by Crippen LogP contribution is 2.24. The molecule has 0 bridgehead atoms. The molecule has 1 aliphatic carbocycles. The Hall–Kier alpha value is -0.780. The minimum Gasteiger partial charge on any atom is -0.0622 e. The Balaban J connectivity index is 1.83. The molecule has 0 unspecified atom stereocenters. The monoisotopic (exact) mass is 230 g/mol. The molecule has 0 amide bonds. The van der Waals surface area contributed by atoms with Gasteiger partial charge < -0.3 is 0 Å². The molecular weight excluding hydrogens is 204 g/mol. The molecule has 0 saturated heterocycles. The fraction of sp³-hybridized carbons (Fsp3) is 0.647. The molecule has 1 saturated carbocycles. The van der Waals surface area contributed by atoms with Gasteiger partial charge in [0.2, 0.25) is 0 Å². The van der Waals surface area contributed by atoms with Crippen molar-refractivity contribution in [1.29, 1.82) is 0 Å². The topological polar surface area (TPSA) is 0 Å². The van der Waals surface area contributed by atoms with Crippen LogP contribution in [0.3, 0.4) is 0 Å². The summed E-state index contributed by atoms with van der Waals surface area (Å²) in [5.74, 6) is 0.940. The summed E-state index contributed by atoms with van der Waals surface area (Å²) in [6, 6.07) is 11.1. The summed E-state index contributed by atoms with van der Waals surface area (Å²) in [5, 5.41) is 0. The van der Waals surface area contributed by atoms with Gasteiger partial charge in [-0.2, -0.15) is 0 Å². The van der Waals surface area contributed by atoms with Crippen molar-refractivity contribution >= 4 is 0 Å². The van der Waals surface area contributed by atoms with Crippen molar-refractivity contribution in [2.24, 2.45) is 5.92 Å². The lowest BCUT2D eigenvalue weighted by atomic mass is 9.88. The van der Waals surface area contributed by atoms with Crippen molar-refractivity contribution in [2.75, 3.05) is 0 Å². The summed E-state index contributed by atoms with van der Waals surface area (Å²) in [4.78, 5) is 0. The molecule has 1 aromatic carbocycles. The van der Waals surface area contributed by atoms with E-state index in [1.54, 1.807) is 0 Å². The van der Waals surface area contributed by atoms with Crippen LogP contribution >= 0.6 is 0 Å². The lowest BCUT2D eigenvalue weighted by molar-refractivity contribution is 0.387. The van der Waals surface area contributed by atoms with E-state index in [4.69, 9.17) is 0 Å². The first-order valence-electron chi connectivity index (χ1n) is 7.49. The Morgan fingerprint density at radius 1 is 0.706 bits per heavy atom. The van der Waals surface area contributed by atoms with Crippen LogP contribution in [0.2, 0.25) is 0 Å². The van der Waals surface area contributed by atoms with E-state index in [0.29, 0.717) is 0 Å². The second-order valence-electron chi connectivity index (χ2n) is 5.61. The minimum atomic E-state index is 0.940. The third-order valence-electron chi connectivity index (χ3n) is 4.09. The summed E-state index contributed by atoms with van der Waals surface area (Å²) >= 11 is 0. The lowest BCUT2D eigenvalue weighted by Gasteiger charge is -2.18. The van der Waals surface area contributed by atoms with Crippen LogP contribution in [-0.2, 0) is 6.42 Å². The zero-order chi connectivity index (χ0) is 11.8. The van der Waals surface area contributed by atoms with Crippen molar-refractivity contribution in [3.8, 4) is 0 Å². The van der Waals surface area contributed by atoms with Gasteiger partial charge in [0.25, 0.3) is 0 Å². The van der Waals surface area contributed by atoms with Gasteiger partial charge in [0.15, 0.2) is 0 Å². The normalized spacial score (nSPS) is 20.0. The first-order chi connectivity index (χ1) is 8.45. The smallest absolute Gasteiger partial charge is 0.0250 e. The van der Waals surface area contributed by atoms with Crippen LogP contribution in [0.4, 0.5) is 0 Å². The minimum absolute atomic E-state index is 0.940. The quantitative estimate of drug-likeness (QED) is 0.640. The van der Waals surface area contributed by atoms with E-state index in [0.717, 1.165) is 5.92 Å². The van der Waals surface area contributed by atoms with E-state index >= 15 is 0 Å². The second-order valence-corrected chi connectivity index (χ2v) is 5.61. The fourth-order valence-corrected chi connectivity index (χ4v) is 3.05. The van der Waals surface area contributed by atoms with Crippen molar-refractivity contribution in [1.82, 2.24) is 0 Å². The first-order valence-corrected chi connectivity index (χ1v) is 7.49. The highest BCUT2D eigenvalue weighted by atomic mass is 14.2. The Morgan fingerprint density at radius 3 is 1.82 bits per heavy atom. The summed E-state index contributed by atoms with van der Waals surface area (Å²) < 4.78 is 0. The zero-order valence-electron chi connectivity index (χ0n) is 11.0. The highest BCUT2D eigenvalue weighted by molar-refractivity contribution is 5.15. The average molecular weight is 230 g/mol. The van der Waals surface area contributed by atoms with Gasteiger partial charge in [-0.1, -0.05) is 88.1 Å². The molecule has 0 nitrogen and oxygen atoms in total. The maximum Gasteiger partial charge on any atom is -0.0250 e. The van der Waals surface area contributed by atoms with E-state index < -0.39 is 0 Å². The second kappa shape index (κ2) is 7.53. The van der Waals surface area contributed by atoms with Gasteiger partial charge in [-0.15, -0.1) is 0 Å². The van der Waals surface area contributed by atoms with E-state index in [1.165, 1.54) is 69.8 Å². The molecule has 0 heterocycles. The Kier molecular flexibility index (Phi) is 5.61. The van der Waals surface area contributed by atoms with Crippen LogP contribution in [0, 0.1) is 5.92 Å². The van der Waals surface area contributed by atoms with E-state index in [-0.39, 0.29) is 0 Å². The van der Waals surface area contributed by atoms with Gasteiger partial charge in [-0.05, 0) is 17.9 Å². The number of hydrogen-bond acceptors (Lipinski definition) is 0. The van der Waals surface area contributed by atoms with Gasteiger partial charge in [-0.3, -0.25) is 0 Å². The van der Waals surface area contributed by atoms with Crippen molar-refractivity contribution < 1.29 is 0 Å². The molecule has 0 aliphatic heterocycles. The van der Waals surface area contributed by atoms with Crippen LogP contribution in [0.15, 0.2) is 30.3 Å². The molecule has 2 rings (SSSR count). The molecule has 0 aromatic heterocycles. The Labute approximate surface area is 106 Å². The van der Waals surface area contributed by atoms with Crippen LogP contribution in [0.5, 0.6) is 0 Å². The zero-order valence-corrected chi connectivity index (χ0v) is 11.0. The lowest BCUT2D eigenvalue weighted by Crippen LogP contribution is -2.06. The third-order valence-corrected chi connectivity index (χ3v) is 4.09. The van der Waals surface area contributed by atoms with Crippen LogP contribution in [-0.4, -0.2) is 0 Å². The Bertz CT molecular complexity index is 278. The molecule has 0 atom stereocenters. The molecule has 0 radical (unpaired) electrons. The van der Waals surface area contributed by atoms with Gasteiger partial charge in [-0.25, -0.2) is 0 Å². The number of benzene rings is 1. The predicted molar refractivity (Wildman–Crippen MR) is 75.2 cm³/mol. The van der Waals surface area contributed by atoms with Crippen molar-refractivity contribution in [3.63, 3.8) is 0 Å². The summed E-state index contributed by atoms with van der Waals surface area (Å²) in [6.07, 6.45) is 14.5. The first kappa shape index (κ1) is 12.7. The van der Waals surface area contributed by atoms with Crippen LogP contribution in [0.1, 0.15) is 63.4 Å². The molecule has 0 heteroatoms. The van der Waals surface area contributed by atoms with E-state index in [2.05, 4.69) is 30.3 Å². The maximum absolute atomic E-state index is 2.29. The largest absolute Gasteiger partial charge is 0.0622 e.